The quantitative estimate of drug-likeness (QED) is 0.664. The van der Waals surface area contributed by atoms with Crippen LogP contribution < -0.4 is 5.32 Å². The number of hydrogen-bond acceptors (Lipinski definition) is 5. The SMILES string of the molecule is CN1CC(=O)Nc2sc3c(c2C1=O)CCN(C(=O)c1cccc(-c2cn[nH]c2)c1)C3. The molecule has 3 amide bonds. The number of benzene rings is 1. The minimum Gasteiger partial charge on any atom is -0.333 e. The van der Waals surface area contributed by atoms with E-state index in [1.165, 1.54) is 16.2 Å². The number of aromatic nitrogens is 2. The highest BCUT2D eigenvalue weighted by Crippen LogP contribution is 2.39. The summed E-state index contributed by atoms with van der Waals surface area (Å²) in [6.07, 6.45) is 4.10. The molecule has 0 saturated heterocycles. The van der Waals surface area contributed by atoms with Gasteiger partial charge in [-0.2, -0.15) is 5.10 Å². The molecule has 0 radical (unpaired) electrons. The van der Waals surface area contributed by atoms with Gasteiger partial charge < -0.3 is 15.1 Å². The standard InChI is InChI=1S/C21H19N5O3S/c1-25-11-17(27)24-19-18(21(25)29)15-5-6-26(10-16(15)30-19)20(28)13-4-2-3-12(7-13)14-8-22-23-9-14/h2-4,7-9H,5-6,10-11H2,1H3,(H,22,23)(H,24,27). The zero-order valence-corrected chi connectivity index (χ0v) is 17.1. The number of carbonyl (C=O) groups excluding carboxylic acids is 3. The summed E-state index contributed by atoms with van der Waals surface area (Å²) in [7, 11) is 1.63. The second-order valence-corrected chi connectivity index (χ2v) is 8.57. The molecule has 2 N–H and O–H groups in total. The van der Waals surface area contributed by atoms with Gasteiger partial charge in [0.15, 0.2) is 0 Å². The Balaban J connectivity index is 1.42. The number of hydrogen-bond donors (Lipinski definition) is 2. The van der Waals surface area contributed by atoms with Gasteiger partial charge in [0.1, 0.15) is 5.00 Å². The van der Waals surface area contributed by atoms with Gasteiger partial charge in [0, 0.05) is 35.8 Å². The molecule has 2 aliphatic heterocycles. The third-order valence-corrected chi connectivity index (χ3v) is 6.61. The van der Waals surface area contributed by atoms with Crippen molar-refractivity contribution in [2.45, 2.75) is 13.0 Å². The minimum atomic E-state index is -0.202. The Kier molecular flexibility index (Phi) is 4.39. The van der Waals surface area contributed by atoms with E-state index in [-0.39, 0.29) is 24.3 Å². The Morgan fingerprint density at radius 2 is 2.07 bits per heavy atom. The first kappa shape index (κ1) is 18.6. The van der Waals surface area contributed by atoms with Crippen molar-refractivity contribution in [2.24, 2.45) is 0 Å². The molecule has 0 unspecified atom stereocenters. The van der Waals surface area contributed by atoms with Crippen LogP contribution in [0, 0.1) is 0 Å². The average molecular weight is 421 g/mol. The molecule has 0 bridgehead atoms. The molecule has 3 aromatic rings. The van der Waals surface area contributed by atoms with Crippen molar-refractivity contribution in [3.8, 4) is 11.1 Å². The predicted octanol–water partition coefficient (Wildman–Crippen LogP) is 2.36. The van der Waals surface area contributed by atoms with Crippen LogP contribution in [0.5, 0.6) is 0 Å². The van der Waals surface area contributed by atoms with Crippen LogP contribution in [-0.4, -0.2) is 57.9 Å². The number of nitrogens with one attached hydrogen (secondary N) is 2. The first-order valence-corrected chi connectivity index (χ1v) is 10.4. The van der Waals surface area contributed by atoms with Crippen LogP contribution in [0.1, 0.15) is 31.2 Å². The molecular formula is C21H19N5O3S. The van der Waals surface area contributed by atoms with Crippen LogP contribution in [-0.2, 0) is 17.8 Å². The summed E-state index contributed by atoms with van der Waals surface area (Å²) < 4.78 is 0. The first-order chi connectivity index (χ1) is 14.5. The molecule has 0 fully saturated rings. The highest BCUT2D eigenvalue weighted by molar-refractivity contribution is 7.17. The van der Waals surface area contributed by atoms with E-state index in [4.69, 9.17) is 0 Å². The Bertz CT molecular complexity index is 1170. The third-order valence-electron chi connectivity index (χ3n) is 5.48. The van der Waals surface area contributed by atoms with E-state index in [1.807, 2.05) is 24.3 Å². The second-order valence-electron chi connectivity index (χ2n) is 7.46. The van der Waals surface area contributed by atoms with Gasteiger partial charge in [0.25, 0.3) is 11.8 Å². The molecule has 4 heterocycles. The van der Waals surface area contributed by atoms with Gasteiger partial charge >= 0.3 is 0 Å². The number of aromatic amines is 1. The molecule has 0 aliphatic carbocycles. The molecule has 0 atom stereocenters. The van der Waals surface area contributed by atoms with Crippen LogP contribution in [0.2, 0.25) is 0 Å². The number of anilines is 1. The smallest absolute Gasteiger partial charge is 0.257 e. The maximum Gasteiger partial charge on any atom is 0.257 e. The van der Waals surface area contributed by atoms with Crippen molar-refractivity contribution in [1.29, 1.82) is 0 Å². The Labute approximate surface area is 176 Å². The molecule has 8 nitrogen and oxygen atoms in total. The van der Waals surface area contributed by atoms with Gasteiger partial charge in [-0.15, -0.1) is 11.3 Å². The summed E-state index contributed by atoms with van der Waals surface area (Å²) in [6, 6.07) is 7.48. The van der Waals surface area contributed by atoms with Crippen LogP contribution in [0.15, 0.2) is 36.7 Å². The Morgan fingerprint density at radius 3 is 2.87 bits per heavy atom. The number of H-pyrrole nitrogens is 1. The van der Waals surface area contributed by atoms with E-state index in [9.17, 15) is 14.4 Å². The average Bonchev–Trinajstić information content (AvgIpc) is 3.38. The van der Waals surface area contributed by atoms with E-state index in [2.05, 4.69) is 15.5 Å². The lowest BCUT2D eigenvalue weighted by atomic mass is 10.0. The number of rotatable bonds is 2. The molecule has 9 heteroatoms. The molecule has 30 heavy (non-hydrogen) atoms. The van der Waals surface area contributed by atoms with Crippen LogP contribution in [0.25, 0.3) is 11.1 Å². The summed E-state index contributed by atoms with van der Waals surface area (Å²) in [5, 5.41) is 10.2. The Morgan fingerprint density at radius 1 is 1.20 bits per heavy atom. The minimum absolute atomic E-state index is 0.0482. The predicted molar refractivity (Wildman–Crippen MR) is 112 cm³/mol. The zero-order chi connectivity index (χ0) is 20.8. The molecule has 2 aromatic heterocycles. The summed E-state index contributed by atoms with van der Waals surface area (Å²) >= 11 is 1.39. The monoisotopic (exact) mass is 421 g/mol. The summed E-state index contributed by atoms with van der Waals surface area (Å²) in [4.78, 5) is 42.1. The molecule has 0 saturated carbocycles. The lowest BCUT2D eigenvalue weighted by Crippen LogP contribution is -2.36. The van der Waals surface area contributed by atoms with Gasteiger partial charge in [-0.3, -0.25) is 19.5 Å². The van der Waals surface area contributed by atoms with Crippen molar-refractivity contribution in [3.63, 3.8) is 0 Å². The van der Waals surface area contributed by atoms with Crippen molar-refractivity contribution < 1.29 is 14.4 Å². The number of nitrogens with zero attached hydrogens (tertiary/aromatic N) is 3. The van der Waals surface area contributed by atoms with E-state index in [0.29, 0.717) is 35.6 Å². The number of carbonyl (C=O) groups is 3. The van der Waals surface area contributed by atoms with Gasteiger partial charge in [0.05, 0.1) is 24.8 Å². The largest absolute Gasteiger partial charge is 0.333 e. The van der Waals surface area contributed by atoms with Crippen LogP contribution in [0.3, 0.4) is 0 Å². The molecule has 0 spiro atoms. The van der Waals surface area contributed by atoms with E-state index < -0.39 is 0 Å². The zero-order valence-electron chi connectivity index (χ0n) is 16.3. The normalized spacial score (nSPS) is 16.0. The number of amides is 3. The first-order valence-electron chi connectivity index (χ1n) is 9.59. The van der Waals surface area contributed by atoms with Crippen molar-refractivity contribution >= 4 is 34.1 Å². The summed E-state index contributed by atoms with van der Waals surface area (Å²) in [5.41, 5.74) is 3.99. The molecule has 2 aliphatic rings. The van der Waals surface area contributed by atoms with Gasteiger partial charge in [-0.05, 0) is 29.7 Å². The number of thiophene rings is 1. The van der Waals surface area contributed by atoms with Crippen molar-refractivity contribution in [2.75, 3.05) is 25.5 Å². The van der Waals surface area contributed by atoms with Gasteiger partial charge in [-0.25, -0.2) is 0 Å². The molecule has 1 aromatic carbocycles. The number of likely N-dealkylation sites (N-methyl/N-ethyl adjacent to an activating group) is 1. The van der Waals surface area contributed by atoms with Crippen LogP contribution in [0.4, 0.5) is 5.00 Å². The number of fused-ring (bicyclic) bond motifs is 3. The fourth-order valence-electron chi connectivity index (χ4n) is 3.96. The molecule has 152 valence electrons. The van der Waals surface area contributed by atoms with Gasteiger partial charge in [0.2, 0.25) is 5.91 Å². The maximum atomic E-state index is 13.2. The third kappa shape index (κ3) is 3.07. The lowest BCUT2D eigenvalue weighted by molar-refractivity contribution is -0.116. The summed E-state index contributed by atoms with van der Waals surface area (Å²) in [5.74, 6) is -0.400. The lowest BCUT2D eigenvalue weighted by Gasteiger charge is -2.28. The summed E-state index contributed by atoms with van der Waals surface area (Å²) in [6.45, 7) is 0.997. The van der Waals surface area contributed by atoms with Gasteiger partial charge in [-0.1, -0.05) is 12.1 Å². The highest BCUT2D eigenvalue weighted by atomic mass is 32.1. The second kappa shape index (κ2) is 7.10. The van der Waals surface area contributed by atoms with Crippen molar-refractivity contribution in [3.05, 3.63) is 58.2 Å². The van der Waals surface area contributed by atoms with Crippen LogP contribution >= 0.6 is 11.3 Å². The van der Waals surface area contributed by atoms with E-state index >= 15 is 0 Å². The Hall–Kier alpha value is -3.46. The topological polar surface area (TPSA) is 98.4 Å². The van der Waals surface area contributed by atoms with E-state index in [0.717, 1.165) is 21.6 Å². The highest BCUT2D eigenvalue weighted by Gasteiger charge is 2.34. The molecule has 5 rings (SSSR count). The fourth-order valence-corrected chi connectivity index (χ4v) is 5.23. The van der Waals surface area contributed by atoms with E-state index in [1.54, 1.807) is 24.3 Å². The fraction of sp³-hybridized carbons (Fsp3) is 0.238. The molecular weight excluding hydrogens is 402 g/mol. The maximum absolute atomic E-state index is 13.2. The van der Waals surface area contributed by atoms with Crippen molar-refractivity contribution in [1.82, 2.24) is 20.0 Å².